The van der Waals surface area contributed by atoms with Gasteiger partial charge in [0, 0.05) is 18.6 Å². The van der Waals surface area contributed by atoms with Crippen LogP contribution in [0.5, 0.6) is 0 Å². The highest BCUT2D eigenvalue weighted by molar-refractivity contribution is 5.07. The minimum atomic E-state index is 1.17. The summed E-state index contributed by atoms with van der Waals surface area (Å²) in [5, 5.41) is 0. The molecule has 21 heavy (non-hydrogen) atoms. The van der Waals surface area contributed by atoms with Crippen LogP contribution in [0.1, 0.15) is 90.0 Å². The maximum Gasteiger partial charge on any atom is 0.169 e. The van der Waals surface area contributed by atoms with Crippen molar-refractivity contribution in [1.29, 1.82) is 0 Å². The molecule has 1 aromatic heterocycles. The van der Waals surface area contributed by atoms with Crippen LogP contribution < -0.4 is 4.57 Å². The third-order valence-corrected chi connectivity index (χ3v) is 4.30. The predicted octanol–water partition coefficient (Wildman–Crippen LogP) is 5.85. The van der Waals surface area contributed by atoms with E-state index < -0.39 is 0 Å². The summed E-state index contributed by atoms with van der Waals surface area (Å²) < 4.78 is 2.33. The topological polar surface area (TPSA) is 3.88 Å². The number of hydrogen-bond acceptors (Lipinski definition) is 0. The van der Waals surface area contributed by atoms with Gasteiger partial charge in [-0.25, -0.2) is 4.57 Å². The Hall–Kier alpha value is -0.850. The van der Waals surface area contributed by atoms with Crippen LogP contribution in [0.3, 0.4) is 0 Å². The quantitative estimate of drug-likeness (QED) is 0.317. The fourth-order valence-corrected chi connectivity index (χ4v) is 2.81. The smallest absolute Gasteiger partial charge is 0.169 e. The Bertz CT molecular complexity index is 328. The number of rotatable bonds is 13. The number of aromatic nitrogens is 1. The zero-order chi connectivity index (χ0) is 15.2. The molecule has 1 nitrogen and oxygen atoms in total. The highest BCUT2D eigenvalue weighted by atomic mass is 14.9. The molecular weight excluding hydrogens is 254 g/mol. The largest absolute Gasteiger partial charge is 0.205 e. The first-order chi connectivity index (χ1) is 10.4. The summed E-state index contributed by atoms with van der Waals surface area (Å²) in [6, 6.07) is 4.63. The standard InChI is InChI=1S/C20H36N/c1-3-5-7-8-9-10-11-12-14-20-15-18-21(19-16-20)17-13-6-4-2/h15-16,18-19H,3-14,17H2,1-2H3/q+1. The number of pyridine rings is 1. The van der Waals surface area contributed by atoms with Crippen molar-refractivity contribution >= 4 is 0 Å². The summed E-state index contributed by atoms with van der Waals surface area (Å²) in [5.41, 5.74) is 1.51. The first-order valence-electron chi connectivity index (χ1n) is 9.34. The molecule has 0 spiro atoms. The van der Waals surface area contributed by atoms with Crippen molar-refractivity contribution in [2.45, 2.75) is 97.4 Å². The third-order valence-electron chi connectivity index (χ3n) is 4.30. The average Bonchev–Trinajstić information content (AvgIpc) is 2.52. The van der Waals surface area contributed by atoms with Gasteiger partial charge in [-0.15, -0.1) is 0 Å². The van der Waals surface area contributed by atoms with Crippen molar-refractivity contribution in [2.24, 2.45) is 0 Å². The van der Waals surface area contributed by atoms with E-state index in [-0.39, 0.29) is 0 Å². The number of unbranched alkanes of at least 4 members (excludes halogenated alkanes) is 9. The molecular formula is C20H36N+. The van der Waals surface area contributed by atoms with Crippen molar-refractivity contribution in [1.82, 2.24) is 0 Å². The molecule has 0 saturated carbocycles. The Morgan fingerprint density at radius 3 is 1.81 bits per heavy atom. The Balaban J connectivity index is 2.04. The van der Waals surface area contributed by atoms with Crippen LogP contribution in [0.4, 0.5) is 0 Å². The lowest BCUT2D eigenvalue weighted by Crippen LogP contribution is -2.32. The van der Waals surface area contributed by atoms with Gasteiger partial charge >= 0.3 is 0 Å². The molecule has 0 bridgehead atoms. The van der Waals surface area contributed by atoms with Gasteiger partial charge in [-0.05, 0) is 24.8 Å². The van der Waals surface area contributed by atoms with Crippen molar-refractivity contribution in [3.05, 3.63) is 30.1 Å². The van der Waals surface area contributed by atoms with Crippen LogP contribution >= 0.6 is 0 Å². The molecule has 0 amide bonds. The van der Waals surface area contributed by atoms with Crippen LogP contribution in [0.15, 0.2) is 24.5 Å². The fraction of sp³-hybridized carbons (Fsp3) is 0.750. The molecule has 0 fully saturated rings. The number of nitrogens with zero attached hydrogens (tertiary/aromatic N) is 1. The molecule has 120 valence electrons. The molecule has 0 radical (unpaired) electrons. The lowest BCUT2D eigenvalue weighted by Gasteiger charge is -2.02. The maximum absolute atomic E-state index is 2.33. The summed E-state index contributed by atoms with van der Waals surface area (Å²) in [6.07, 6.45) is 21.0. The predicted molar refractivity (Wildman–Crippen MR) is 92.5 cm³/mol. The summed E-state index contributed by atoms with van der Waals surface area (Å²) in [4.78, 5) is 0. The summed E-state index contributed by atoms with van der Waals surface area (Å²) >= 11 is 0. The van der Waals surface area contributed by atoms with Crippen molar-refractivity contribution < 1.29 is 4.57 Å². The van der Waals surface area contributed by atoms with Crippen molar-refractivity contribution in [3.8, 4) is 0 Å². The molecule has 1 rings (SSSR count). The Kier molecular flexibility index (Phi) is 11.1. The zero-order valence-corrected chi connectivity index (χ0v) is 14.4. The molecule has 0 N–H and O–H groups in total. The summed E-state index contributed by atoms with van der Waals surface area (Å²) in [5.74, 6) is 0. The molecule has 1 aromatic rings. The van der Waals surface area contributed by atoms with Crippen LogP contribution in [-0.2, 0) is 13.0 Å². The average molecular weight is 291 g/mol. The first kappa shape index (κ1) is 18.2. The molecule has 1 heteroatoms. The minimum absolute atomic E-state index is 1.17. The van der Waals surface area contributed by atoms with E-state index in [9.17, 15) is 0 Å². The van der Waals surface area contributed by atoms with Crippen molar-refractivity contribution in [3.63, 3.8) is 0 Å². The molecule has 0 saturated heterocycles. The van der Waals surface area contributed by atoms with Crippen LogP contribution in [-0.4, -0.2) is 0 Å². The lowest BCUT2D eigenvalue weighted by molar-refractivity contribution is -0.697. The third kappa shape index (κ3) is 9.66. The summed E-state index contributed by atoms with van der Waals surface area (Å²) in [7, 11) is 0. The molecule has 0 aromatic carbocycles. The Morgan fingerprint density at radius 2 is 1.19 bits per heavy atom. The van der Waals surface area contributed by atoms with Crippen LogP contribution in [0, 0.1) is 0 Å². The molecule has 1 heterocycles. The zero-order valence-electron chi connectivity index (χ0n) is 14.4. The molecule has 0 aliphatic carbocycles. The van der Waals surface area contributed by atoms with Gasteiger partial charge in [0.2, 0.25) is 0 Å². The van der Waals surface area contributed by atoms with Gasteiger partial charge in [0.1, 0.15) is 6.54 Å². The second-order valence-electron chi connectivity index (χ2n) is 6.38. The Labute approximate surface area is 132 Å². The van der Waals surface area contributed by atoms with Crippen LogP contribution in [0.2, 0.25) is 0 Å². The van der Waals surface area contributed by atoms with E-state index in [0.717, 1.165) is 0 Å². The molecule has 0 atom stereocenters. The van der Waals surface area contributed by atoms with E-state index in [4.69, 9.17) is 0 Å². The van der Waals surface area contributed by atoms with Gasteiger partial charge in [0.25, 0.3) is 0 Å². The molecule has 0 aliphatic rings. The maximum atomic E-state index is 2.33. The highest BCUT2D eigenvalue weighted by Crippen LogP contribution is 2.10. The van der Waals surface area contributed by atoms with E-state index >= 15 is 0 Å². The first-order valence-corrected chi connectivity index (χ1v) is 9.34. The van der Waals surface area contributed by atoms with E-state index in [2.05, 4.69) is 42.9 Å². The van der Waals surface area contributed by atoms with E-state index in [1.54, 1.807) is 0 Å². The van der Waals surface area contributed by atoms with Gasteiger partial charge in [0.05, 0.1) is 0 Å². The van der Waals surface area contributed by atoms with Gasteiger partial charge in [-0.1, -0.05) is 65.2 Å². The van der Waals surface area contributed by atoms with Gasteiger partial charge in [-0.3, -0.25) is 0 Å². The van der Waals surface area contributed by atoms with E-state index in [1.165, 1.54) is 89.2 Å². The fourth-order valence-electron chi connectivity index (χ4n) is 2.81. The minimum Gasteiger partial charge on any atom is -0.205 e. The van der Waals surface area contributed by atoms with Gasteiger partial charge in [0.15, 0.2) is 12.4 Å². The Morgan fingerprint density at radius 1 is 0.667 bits per heavy atom. The second-order valence-corrected chi connectivity index (χ2v) is 6.38. The lowest BCUT2D eigenvalue weighted by atomic mass is 10.0. The van der Waals surface area contributed by atoms with E-state index in [0.29, 0.717) is 0 Å². The van der Waals surface area contributed by atoms with Crippen LogP contribution in [0.25, 0.3) is 0 Å². The van der Waals surface area contributed by atoms with E-state index in [1.807, 2.05) is 0 Å². The normalized spacial score (nSPS) is 11.0. The van der Waals surface area contributed by atoms with Gasteiger partial charge in [-0.2, -0.15) is 0 Å². The van der Waals surface area contributed by atoms with Gasteiger partial charge < -0.3 is 0 Å². The van der Waals surface area contributed by atoms with Crippen molar-refractivity contribution in [2.75, 3.05) is 0 Å². The number of aryl methyl sites for hydroxylation is 2. The highest BCUT2D eigenvalue weighted by Gasteiger charge is 2.00. The monoisotopic (exact) mass is 290 g/mol. The number of hydrogen-bond donors (Lipinski definition) is 0. The molecule has 0 unspecified atom stereocenters. The summed E-state index contributed by atoms with van der Waals surface area (Å²) in [6.45, 7) is 5.72. The second kappa shape index (κ2) is 12.9. The SMILES string of the molecule is CCCCCCCCCCc1cc[n+](CCCCC)cc1. The molecule has 0 aliphatic heterocycles.